The number of H-pyrrole nitrogens is 1. The van der Waals surface area contributed by atoms with E-state index in [0.717, 1.165) is 18.4 Å². The second kappa shape index (κ2) is 10.7. The molecule has 2 atom stereocenters. The molecule has 0 aliphatic heterocycles. The van der Waals surface area contributed by atoms with Gasteiger partial charge in [-0.1, -0.05) is 43.2 Å². The molecule has 0 bridgehead atoms. The Hall–Kier alpha value is -1.61. The first-order chi connectivity index (χ1) is 13.0. The van der Waals surface area contributed by atoms with Crippen LogP contribution in [0, 0.1) is 18.8 Å². The zero-order chi connectivity index (χ0) is 19.7. The SMILES string of the molecule is CC[N+](CC)(CC)CC1CCC(C)C1.Cc1ccc(C[n+]2cc[nH]c2)cc1. The minimum Gasteiger partial charge on any atom is -0.324 e. The summed E-state index contributed by atoms with van der Waals surface area (Å²) in [5.74, 6) is 2.01. The largest absolute Gasteiger partial charge is 0.324 e. The molecule has 0 spiro atoms. The van der Waals surface area contributed by atoms with Crippen LogP contribution in [-0.2, 0) is 6.54 Å². The highest BCUT2D eigenvalue weighted by molar-refractivity contribution is 5.20. The summed E-state index contributed by atoms with van der Waals surface area (Å²) < 4.78 is 3.46. The van der Waals surface area contributed by atoms with Crippen molar-refractivity contribution in [2.45, 2.75) is 60.4 Å². The van der Waals surface area contributed by atoms with Crippen molar-refractivity contribution in [1.82, 2.24) is 4.98 Å². The first-order valence-corrected chi connectivity index (χ1v) is 10.9. The van der Waals surface area contributed by atoms with E-state index in [-0.39, 0.29) is 0 Å². The zero-order valence-electron chi connectivity index (χ0n) is 18.2. The summed E-state index contributed by atoms with van der Waals surface area (Å²) in [5, 5.41) is 0. The van der Waals surface area contributed by atoms with Gasteiger partial charge in [-0.25, -0.2) is 4.57 Å². The summed E-state index contributed by atoms with van der Waals surface area (Å²) in [6, 6.07) is 8.61. The molecular formula is C24H41N3+2. The Balaban J connectivity index is 0.000000194. The summed E-state index contributed by atoms with van der Waals surface area (Å²) in [6.45, 7) is 17.9. The standard InChI is InChI=1S/C13H28N.C11H12N2/c1-5-14(6-2,7-3)11-13-9-8-12(4)10-13;1-10-2-4-11(5-3-10)8-13-7-6-12-9-13/h12-13H,5-11H2,1-4H3;2-7,9H,8H2,1H3/q+1;/p+1. The van der Waals surface area contributed by atoms with E-state index in [1.54, 1.807) is 0 Å². The van der Waals surface area contributed by atoms with Crippen molar-refractivity contribution in [3.05, 3.63) is 54.1 Å². The van der Waals surface area contributed by atoms with E-state index in [0.29, 0.717) is 0 Å². The first-order valence-electron chi connectivity index (χ1n) is 10.9. The van der Waals surface area contributed by atoms with Gasteiger partial charge >= 0.3 is 0 Å². The maximum Gasteiger partial charge on any atom is 0.241 e. The van der Waals surface area contributed by atoms with Crippen molar-refractivity contribution in [2.75, 3.05) is 26.2 Å². The molecule has 1 heterocycles. The highest BCUT2D eigenvalue weighted by atomic mass is 15.3. The minimum absolute atomic E-state index is 0.934. The van der Waals surface area contributed by atoms with E-state index in [2.05, 4.69) is 68.4 Å². The summed E-state index contributed by atoms with van der Waals surface area (Å²) in [6.07, 6.45) is 10.4. The average Bonchev–Trinajstić information content (AvgIpc) is 3.34. The fraction of sp³-hybridized carbons (Fsp3) is 0.625. The lowest BCUT2D eigenvalue weighted by molar-refractivity contribution is -0.926. The summed E-state index contributed by atoms with van der Waals surface area (Å²) >= 11 is 0. The maximum atomic E-state index is 3.02. The lowest BCUT2D eigenvalue weighted by Gasteiger charge is -2.38. The maximum absolute atomic E-state index is 3.02. The number of benzene rings is 1. The van der Waals surface area contributed by atoms with E-state index >= 15 is 0 Å². The Morgan fingerprint density at radius 3 is 2.19 bits per heavy atom. The van der Waals surface area contributed by atoms with Crippen LogP contribution in [0.4, 0.5) is 0 Å². The predicted molar refractivity (Wildman–Crippen MR) is 115 cm³/mol. The monoisotopic (exact) mass is 371 g/mol. The fourth-order valence-corrected chi connectivity index (χ4v) is 4.42. The van der Waals surface area contributed by atoms with Gasteiger partial charge in [-0.15, -0.1) is 0 Å². The Labute approximate surface area is 167 Å². The van der Waals surface area contributed by atoms with Crippen molar-refractivity contribution in [1.29, 1.82) is 0 Å². The van der Waals surface area contributed by atoms with Gasteiger partial charge in [0.15, 0.2) is 0 Å². The van der Waals surface area contributed by atoms with Gasteiger partial charge in [0, 0.05) is 5.92 Å². The van der Waals surface area contributed by atoms with E-state index in [9.17, 15) is 0 Å². The van der Waals surface area contributed by atoms with Gasteiger partial charge in [-0.2, -0.15) is 0 Å². The Kier molecular flexibility index (Phi) is 8.56. The molecule has 150 valence electrons. The van der Waals surface area contributed by atoms with Crippen LogP contribution in [0.15, 0.2) is 43.0 Å². The van der Waals surface area contributed by atoms with Gasteiger partial charge in [0.2, 0.25) is 6.33 Å². The minimum atomic E-state index is 0.934. The molecule has 3 nitrogen and oxygen atoms in total. The van der Waals surface area contributed by atoms with Crippen LogP contribution < -0.4 is 4.57 Å². The highest BCUT2D eigenvalue weighted by Gasteiger charge is 2.30. The molecule has 2 unspecified atom stereocenters. The molecule has 1 N–H and O–H groups in total. The number of hydrogen-bond donors (Lipinski definition) is 1. The molecule has 3 heteroatoms. The molecule has 27 heavy (non-hydrogen) atoms. The number of aromatic nitrogens is 2. The normalized spacial score (nSPS) is 19.6. The van der Waals surface area contributed by atoms with Crippen LogP contribution in [-0.4, -0.2) is 35.6 Å². The quantitative estimate of drug-likeness (QED) is 0.524. The van der Waals surface area contributed by atoms with Gasteiger partial charge in [0.05, 0.1) is 26.2 Å². The second-order valence-corrected chi connectivity index (χ2v) is 8.53. The molecule has 1 aliphatic carbocycles. The first kappa shape index (κ1) is 21.7. The molecular weight excluding hydrogens is 330 g/mol. The molecule has 1 aliphatic rings. The Morgan fingerprint density at radius 2 is 1.70 bits per heavy atom. The molecule has 1 fully saturated rings. The summed E-state index contributed by atoms with van der Waals surface area (Å²) in [5.41, 5.74) is 2.64. The molecule has 0 radical (unpaired) electrons. The number of hydrogen-bond acceptors (Lipinski definition) is 0. The van der Waals surface area contributed by atoms with Crippen LogP contribution in [0.25, 0.3) is 0 Å². The molecule has 0 saturated heterocycles. The number of nitrogens with zero attached hydrogens (tertiary/aromatic N) is 2. The van der Waals surface area contributed by atoms with Gasteiger partial charge in [-0.3, -0.25) is 4.98 Å². The summed E-state index contributed by atoms with van der Waals surface area (Å²) in [4.78, 5) is 3.02. The lowest BCUT2D eigenvalue weighted by Crippen LogP contribution is -2.50. The van der Waals surface area contributed by atoms with Gasteiger partial charge < -0.3 is 4.48 Å². The highest BCUT2D eigenvalue weighted by Crippen LogP contribution is 2.32. The third kappa shape index (κ3) is 6.80. The topological polar surface area (TPSA) is 19.7 Å². The lowest BCUT2D eigenvalue weighted by atomic mass is 10.0. The van der Waals surface area contributed by atoms with Crippen molar-refractivity contribution in [3.8, 4) is 0 Å². The van der Waals surface area contributed by atoms with Crippen LogP contribution in [0.3, 0.4) is 0 Å². The van der Waals surface area contributed by atoms with E-state index in [4.69, 9.17) is 0 Å². The van der Waals surface area contributed by atoms with E-state index in [1.165, 1.54) is 61.1 Å². The number of imidazole rings is 1. The number of rotatable bonds is 7. The van der Waals surface area contributed by atoms with Crippen molar-refractivity contribution in [2.24, 2.45) is 11.8 Å². The second-order valence-electron chi connectivity index (χ2n) is 8.53. The summed E-state index contributed by atoms with van der Waals surface area (Å²) in [7, 11) is 0. The average molecular weight is 372 g/mol. The van der Waals surface area contributed by atoms with E-state index < -0.39 is 0 Å². The number of aryl methyl sites for hydroxylation is 1. The zero-order valence-corrected chi connectivity index (χ0v) is 18.2. The smallest absolute Gasteiger partial charge is 0.241 e. The third-order valence-electron chi connectivity index (χ3n) is 6.55. The molecule has 3 rings (SSSR count). The van der Waals surface area contributed by atoms with Gasteiger partial charge in [0.25, 0.3) is 0 Å². The fourth-order valence-electron chi connectivity index (χ4n) is 4.42. The van der Waals surface area contributed by atoms with E-state index in [1.807, 2.05) is 18.7 Å². The third-order valence-corrected chi connectivity index (χ3v) is 6.55. The predicted octanol–water partition coefficient (Wildman–Crippen LogP) is 4.96. The molecule has 2 aromatic rings. The van der Waals surface area contributed by atoms with Gasteiger partial charge in [-0.05, 0) is 52.0 Å². The number of aromatic amines is 1. The number of nitrogens with one attached hydrogen (secondary N) is 1. The van der Waals surface area contributed by atoms with Crippen LogP contribution in [0.2, 0.25) is 0 Å². The van der Waals surface area contributed by atoms with Gasteiger partial charge in [0.1, 0.15) is 18.9 Å². The molecule has 1 aromatic carbocycles. The van der Waals surface area contributed by atoms with Crippen molar-refractivity contribution < 1.29 is 9.05 Å². The Bertz CT molecular complexity index is 618. The molecule has 1 aromatic heterocycles. The van der Waals surface area contributed by atoms with Crippen LogP contribution in [0.1, 0.15) is 58.1 Å². The van der Waals surface area contributed by atoms with Crippen molar-refractivity contribution in [3.63, 3.8) is 0 Å². The van der Waals surface area contributed by atoms with Crippen molar-refractivity contribution >= 4 is 0 Å². The number of quaternary nitrogens is 1. The Morgan fingerprint density at radius 1 is 1.04 bits per heavy atom. The molecule has 1 saturated carbocycles. The molecule has 0 amide bonds. The van der Waals surface area contributed by atoms with Crippen LogP contribution >= 0.6 is 0 Å². The van der Waals surface area contributed by atoms with Crippen LogP contribution in [0.5, 0.6) is 0 Å².